The third-order valence-electron chi connectivity index (χ3n) is 5.11. The molecule has 1 fully saturated rings. The number of hydrogen-bond donors (Lipinski definition) is 1. The number of rotatable bonds is 7. The third kappa shape index (κ3) is 4.54. The number of sulfonamides is 1. The Morgan fingerprint density at radius 3 is 2.31 bits per heavy atom. The van der Waals surface area contributed by atoms with Gasteiger partial charge in [0.15, 0.2) is 0 Å². The molecule has 0 atom stereocenters. The van der Waals surface area contributed by atoms with Crippen molar-refractivity contribution in [1.29, 1.82) is 0 Å². The van der Waals surface area contributed by atoms with E-state index in [1.807, 2.05) is 42.5 Å². The molecule has 0 unspecified atom stereocenters. The summed E-state index contributed by atoms with van der Waals surface area (Å²) in [4.78, 5) is 0. The zero-order valence-electron chi connectivity index (χ0n) is 15.0. The normalized spacial score (nSPS) is 16.8. The van der Waals surface area contributed by atoms with Gasteiger partial charge in [-0.3, -0.25) is 0 Å². The topological polar surface area (TPSA) is 55.4 Å². The van der Waals surface area contributed by atoms with E-state index in [4.69, 9.17) is 4.74 Å². The first-order valence-electron chi connectivity index (χ1n) is 8.90. The molecular weight excluding hydrogens is 346 g/mol. The molecule has 0 aromatic heterocycles. The first-order chi connectivity index (χ1) is 12.5. The molecule has 0 saturated heterocycles. The minimum absolute atomic E-state index is 0.139. The molecule has 1 aliphatic carbocycles. The van der Waals surface area contributed by atoms with Gasteiger partial charge in [-0.05, 0) is 42.2 Å². The predicted octanol–water partition coefficient (Wildman–Crippen LogP) is 4.10. The van der Waals surface area contributed by atoms with Gasteiger partial charge in [0.25, 0.3) is 0 Å². The molecule has 4 nitrogen and oxygen atoms in total. The SMILES string of the molecule is COc1ccc(C2(CNS(=O)(=O)C=Cc3ccccc3)CCCC2)cc1. The fourth-order valence-electron chi connectivity index (χ4n) is 3.58. The molecule has 2 aromatic rings. The average Bonchev–Trinajstić information content (AvgIpc) is 3.16. The Balaban J connectivity index is 1.73. The van der Waals surface area contributed by atoms with Gasteiger partial charge >= 0.3 is 0 Å². The number of methoxy groups -OCH3 is 1. The van der Waals surface area contributed by atoms with Gasteiger partial charge in [0, 0.05) is 17.4 Å². The smallest absolute Gasteiger partial charge is 0.233 e. The highest BCUT2D eigenvalue weighted by Crippen LogP contribution is 2.41. The van der Waals surface area contributed by atoms with Gasteiger partial charge in [0.1, 0.15) is 5.75 Å². The summed E-state index contributed by atoms with van der Waals surface area (Å²) in [5.74, 6) is 0.813. The first kappa shape index (κ1) is 18.7. The summed E-state index contributed by atoms with van der Waals surface area (Å²) >= 11 is 0. The van der Waals surface area contributed by atoms with Crippen molar-refractivity contribution >= 4 is 16.1 Å². The molecule has 3 rings (SSSR count). The van der Waals surface area contributed by atoms with E-state index in [9.17, 15) is 8.42 Å². The molecule has 1 N–H and O–H groups in total. The van der Waals surface area contributed by atoms with Crippen LogP contribution in [0.3, 0.4) is 0 Å². The molecule has 0 amide bonds. The van der Waals surface area contributed by atoms with Crippen LogP contribution in [0.1, 0.15) is 36.8 Å². The number of nitrogens with one attached hydrogen (secondary N) is 1. The molecule has 2 aromatic carbocycles. The van der Waals surface area contributed by atoms with Crippen molar-refractivity contribution in [3.05, 3.63) is 71.1 Å². The lowest BCUT2D eigenvalue weighted by Crippen LogP contribution is -2.38. The highest BCUT2D eigenvalue weighted by Gasteiger charge is 2.36. The minimum Gasteiger partial charge on any atom is -0.497 e. The lowest BCUT2D eigenvalue weighted by Gasteiger charge is -2.29. The zero-order valence-corrected chi connectivity index (χ0v) is 15.8. The van der Waals surface area contributed by atoms with Crippen molar-refractivity contribution in [2.75, 3.05) is 13.7 Å². The van der Waals surface area contributed by atoms with Crippen molar-refractivity contribution in [1.82, 2.24) is 4.72 Å². The second-order valence-corrected chi connectivity index (χ2v) is 8.45. The monoisotopic (exact) mass is 371 g/mol. The lowest BCUT2D eigenvalue weighted by atomic mass is 9.79. The lowest BCUT2D eigenvalue weighted by molar-refractivity contribution is 0.410. The Labute approximate surface area is 156 Å². The molecule has 5 heteroatoms. The van der Waals surface area contributed by atoms with Crippen LogP contribution in [-0.2, 0) is 15.4 Å². The fraction of sp³-hybridized carbons (Fsp3) is 0.333. The van der Waals surface area contributed by atoms with Crippen molar-refractivity contribution < 1.29 is 13.2 Å². The summed E-state index contributed by atoms with van der Waals surface area (Å²) in [5.41, 5.74) is 1.90. The van der Waals surface area contributed by atoms with Crippen LogP contribution in [0.25, 0.3) is 6.08 Å². The van der Waals surface area contributed by atoms with Crippen LogP contribution in [0.4, 0.5) is 0 Å². The Kier molecular flexibility index (Phi) is 5.79. The Morgan fingerprint density at radius 1 is 1.04 bits per heavy atom. The largest absolute Gasteiger partial charge is 0.497 e. The molecule has 1 aliphatic rings. The van der Waals surface area contributed by atoms with Crippen LogP contribution in [0.15, 0.2) is 60.0 Å². The summed E-state index contributed by atoms with van der Waals surface area (Å²) in [7, 11) is -1.84. The van der Waals surface area contributed by atoms with Crippen LogP contribution in [-0.4, -0.2) is 22.1 Å². The molecule has 0 bridgehead atoms. The summed E-state index contributed by atoms with van der Waals surface area (Å²) in [5, 5.41) is 1.25. The third-order valence-corrected chi connectivity index (χ3v) is 6.16. The van der Waals surface area contributed by atoms with E-state index in [2.05, 4.69) is 16.9 Å². The maximum atomic E-state index is 12.4. The van der Waals surface area contributed by atoms with E-state index in [-0.39, 0.29) is 5.41 Å². The van der Waals surface area contributed by atoms with E-state index in [0.717, 1.165) is 37.0 Å². The summed E-state index contributed by atoms with van der Waals surface area (Å²) in [6.07, 6.45) is 5.84. The molecule has 138 valence electrons. The van der Waals surface area contributed by atoms with Crippen LogP contribution in [0.5, 0.6) is 5.75 Å². The van der Waals surface area contributed by atoms with Crippen molar-refractivity contribution in [3.63, 3.8) is 0 Å². The maximum absolute atomic E-state index is 12.4. The number of ether oxygens (including phenoxy) is 1. The Morgan fingerprint density at radius 2 is 1.69 bits per heavy atom. The molecule has 1 saturated carbocycles. The molecular formula is C21H25NO3S. The predicted molar refractivity (Wildman–Crippen MR) is 106 cm³/mol. The molecule has 0 radical (unpaired) electrons. The van der Waals surface area contributed by atoms with E-state index in [0.29, 0.717) is 6.54 Å². The van der Waals surface area contributed by atoms with Crippen LogP contribution in [0, 0.1) is 0 Å². The Bertz CT molecular complexity index is 837. The van der Waals surface area contributed by atoms with Crippen LogP contribution in [0.2, 0.25) is 0 Å². The van der Waals surface area contributed by atoms with Crippen molar-refractivity contribution in [2.45, 2.75) is 31.1 Å². The van der Waals surface area contributed by atoms with Gasteiger partial charge < -0.3 is 4.74 Å². The average molecular weight is 372 g/mol. The molecule has 0 spiro atoms. The highest BCUT2D eigenvalue weighted by atomic mass is 32.2. The van der Waals surface area contributed by atoms with Gasteiger partial charge in [0.2, 0.25) is 10.0 Å². The summed E-state index contributed by atoms with van der Waals surface area (Å²) in [6.45, 7) is 0.417. The summed E-state index contributed by atoms with van der Waals surface area (Å²) in [6, 6.07) is 17.4. The van der Waals surface area contributed by atoms with E-state index in [1.54, 1.807) is 13.2 Å². The quantitative estimate of drug-likeness (QED) is 0.797. The van der Waals surface area contributed by atoms with Gasteiger partial charge in [-0.2, -0.15) is 0 Å². The molecule has 26 heavy (non-hydrogen) atoms. The highest BCUT2D eigenvalue weighted by molar-refractivity contribution is 7.92. The minimum atomic E-state index is -3.48. The number of hydrogen-bond acceptors (Lipinski definition) is 3. The number of benzene rings is 2. The standard InChI is InChI=1S/C21H25NO3S/c1-25-20-11-9-19(10-12-20)21(14-5-6-15-21)17-22-26(23,24)16-13-18-7-3-2-4-8-18/h2-4,7-13,16,22H,5-6,14-15,17H2,1H3. The molecule has 0 aliphatic heterocycles. The van der Waals surface area contributed by atoms with Crippen molar-refractivity contribution in [3.8, 4) is 5.75 Å². The van der Waals surface area contributed by atoms with Crippen LogP contribution < -0.4 is 9.46 Å². The maximum Gasteiger partial charge on any atom is 0.233 e. The Hall–Kier alpha value is -2.11. The van der Waals surface area contributed by atoms with E-state index < -0.39 is 10.0 Å². The zero-order chi connectivity index (χ0) is 18.5. The first-order valence-corrected chi connectivity index (χ1v) is 10.5. The van der Waals surface area contributed by atoms with Crippen molar-refractivity contribution in [2.24, 2.45) is 0 Å². The van der Waals surface area contributed by atoms with Crippen LogP contribution >= 0.6 is 0 Å². The van der Waals surface area contributed by atoms with Gasteiger partial charge in [-0.25, -0.2) is 13.1 Å². The van der Waals surface area contributed by atoms with Gasteiger partial charge in [-0.1, -0.05) is 55.3 Å². The van der Waals surface area contributed by atoms with Gasteiger partial charge in [-0.15, -0.1) is 0 Å². The van der Waals surface area contributed by atoms with E-state index >= 15 is 0 Å². The second-order valence-electron chi connectivity index (χ2n) is 6.80. The summed E-state index contributed by atoms with van der Waals surface area (Å²) < 4.78 is 32.9. The molecule has 0 heterocycles. The van der Waals surface area contributed by atoms with E-state index in [1.165, 1.54) is 11.0 Å². The van der Waals surface area contributed by atoms with Gasteiger partial charge in [0.05, 0.1) is 7.11 Å². The fourth-order valence-corrected chi connectivity index (χ4v) is 4.49. The second kappa shape index (κ2) is 8.06.